The molecule has 16 heavy (non-hydrogen) atoms. The third kappa shape index (κ3) is 2.09. The SMILES string of the molecule is Cc1cn(C2CCC(CO)O2)c(=O)[nH]c1=S. The molecule has 0 spiro atoms. The molecule has 1 aliphatic rings. The van der Waals surface area contributed by atoms with Crippen molar-refractivity contribution < 1.29 is 9.84 Å². The number of aliphatic hydroxyl groups is 1. The van der Waals surface area contributed by atoms with Crippen molar-refractivity contribution in [2.24, 2.45) is 0 Å². The van der Waals surface area contributed by atoms with Crippen LogP contribution in [0.3, 0.4) is 0 Å². The largest absolute Gasteiger partial charge is 0.394 e. The van der Waals surface area contributed by atoms with Gasteiger partial charge in [0.1, 0.15) is 10.9 Å². The minimum Gasteiger partial charge on any atom is -0.394 e. The maximum Gasteiger partial charge on any atom is 0.328 e. The molecule has 0 radical (unpaired) electrons. The van der Waals surface area contributed by atoms with Crippen LogP contribution in [0.4, 0.5) is 0 Å². The smallest absolute Gasteiger partial charge is 0.328 e. The van der Waals surface area contributed by atoms with Gasteiger partial charge in [0.2, 0.25) is 0 Å². The number of aromatic nitrogens is 2. The number of hydrogen-bond acceptors (Lipinski definition) is 4. The van der Waals surface area contributed by atoms with E-state index in [1.807, 2.05) is 6.92 Å². The van der Waals surface area contributed by atoms with Gasteiger partial charge in [0.25, 0.3) is 0 Å². The number of aliphatic hydroxyl groups excluding tert-OH is 1. The fourth-order valence-electron chi connectivity index (χ4n) is 1.83. The number of ether oxygens (including phenoxy) is 1. The Bertz CT molecular complexity index is 494. The fourth-order valence-corrected chi connectivity index (χ4v) is 1.97. The molecule has 0 aromatic carbocycles. The molecule has 0 saturated carbocycles. The highest BCUT2D eigenvalue weighted by Gasteiger charge is 2.26. The van der Waals surface area contributed by atoms with Crippen molar-refractivity contribution >= 4 is 12.2 Å². The highest BCUT2D eigenvalue weighted by molar-refractivity contribution is 7.71. The van der Waals surface area contributed by atoms with Crippen LogP contribution in [0.1, 0.15) is 24.6 Å². The number of nitrogens with one attached hydrogen (secondary N) is 1. The molecule has 2 rings (SSSR count). The molecule has 88 valence electrons. The number of aryl methyl sites for hydroxylation is 1. The Kier molecular flexibility index (Phi) is 3.22. The monoisotopic (exact) mass is 242 g/mol. The number of hydrogen-bond donors (Lipinski definition) is 2. The van der Waals surface area contributed by atoms with E-state index in [0.29, 0.717) is 4.64 Å². The minimum absolute atomic E-state index is 0.00688. The summed E-state index contributed by atoms with van der Waals surface area (Å²) in [4.78, 5) is 14.3. The molecule has 1 saturated heterocycles. The molecule has 1 aromatic heterocycles. The van der Waals surface area contributed by atoms with E-state index >= 15 is 0 Å². The maximum absolute atomic E-state index is 11.7. The summed E-state index contributed by atoms with van der Waals surface area (Å²) in [7, 11) is 0. The van der Waals surface area contributed by atoms with Gasteiger partial charge >= 0.3 is 5.69 Å². The summed E-state index contributed by atoms with van der Waals surface area (Å²) in [5, 5.41) is 8.96. The van der Waals surface area contributed by atoms with Crippen molar-refractivity contribution in [2.45, 2.75) is 32.1 Å². The molecule has 1 fully saturated rings. The molecule has 2 atom stereocenters. The molecule has 0 amide bonds. The van der Waals surface area contributed by atoms with Gasteiger partial charge < -0.3 is 9.84 Å². The Morgan fingerprint density at radius 3 is 3.06 bits per heavy atom. The van der Waals surface area contributed by atoms with Gasteiger partial charge in [-0.2, -0.15) is 0 Å². The molecule has 0 aliphatic carbocycles. The molecule has 5 nitrogen and oxygen atoms in total. The van der Waals surface area contributed by atoms with Crippen molar-refractivity contribution in [3.05, 3.63) is 26.9 Å². The second kappa shape index (κ2) is 4.48. The van der Waals surface area contributed by atoms with Crippen LogP contribution in [0.5, 0.6) is 0 Å². The minimum atomic E-state index is -0.296. The highest BCUT2D eigenvalue weighted by atomic mass is 32.1. The van der Waals surface area contributed by atoms with Gasteiger partial charge in [-0.1, -0.05) is 12.2 Å². The Morgan fingerprint density at radius 1 is 1.69 bits per heavy atom. The Labute approximate surface area is 97.7 Å². The number of rotatable bonds is 2. The third-order valence-corrected chi connectivity index (χ3v) is 3.17. The molecular weight excluding hydrogens is 228 g/mol. The molecule has 2 unspecified atom stereocenters. The standard InChI is InChI=1S/C10H14N2O3S/c1-6-4-12(10(14)11-9(6)16)8-3-2-7(5-13)15-8/h4,7-8,13H,2-3,5H2,1H3,(H,11,14,16). The highest BCUT2D eigenvalue weighted by Crippen LogP contribution is 2.26. The molecule has 6 heteroatoms. The second-order valence-corrected chi connectivity index (χ2v) is 4.36. The van der Waals surface area contributed by atoms with Gasteiger partial charge in [0.15, 0.2) is 0 Å². The van der Waals surface area contributed by atoms with Crippen LogP contribution in [0.15, 0.2) is 11.0 Å². The molecular formula is C10H14N2O3S. The van der Waals surface area contributed by atoms with E-state index in [1.165, 1.54) is 4.57 Å². The van der Waals surface area contributed by atoms with Gasteiger partial charge in [-0.25, -0.2) is 4.79 Å². The van der Waals surface area contributed by atoms with Gasteiger partial charge in [0.05, 0.1) is 12.7 Å². The van der Waals surface area contributed by atoms with E-state index in [-0.39, 0.29) is 24.6 Å². The average molecular weight is 242 g/mol. The molecule has 1 aromatic rings. The first kappa shape index (κ1) is 11.5. The first-order chi connectivity index (χ1) is 7.61. The molecule has 0 bridgehead atoms. The van der Waals surface area contributed by atoms with Crippen LogP contribution < -0.4 is 5.69 Å². The van der Waals surface area contributed by atoms with Crippen molar-refractivity contribution in [1.29, 1.82) is 0 Å². The first-order valence-corrected chi connectivity index (χ1v) is 5.61. The van der Waals surface area contributed by atoms with Gasteiger partial charge in [-0.15, -0.1) is 0 Å². The zero-order chi connectivity index (χ0) is 11.7. The molecule has 1 aliphatic heterocycles. The van der Waals surface area contributed by atoms with Crippen LogP contribution in [0, 0.1) is 11.6 Å². The number of H-pyrrole nitrogens is 1. The van der Waals surface area contributed by atoms with Crippen LogP contribution in [-0.4, -0.2) is 27.4 Å². The lowest BCUT2D eigenvalue weighted by molar-refractivity contribution is -0.0246. The van der Waals surface area contributed by atoms with Crippen LogP contribution in [0.2, 0.25) is 0 Å². The van der Waals surface area contributed by atoms with E-state index in [2.05, 4.69) is 4.98 Å². The van der Waals surface area contributed by atoms with Gasteiger partial charge in [-0.05, 0) is 19.8 Å². The lowest BCUT2D eigenvalue weighted by Gasteiger charge is -2.15. The van der Waals surface area contributed by atoms with Gasteiger partial charge in [-0.3, -0.25) is 9.55 Å². The fraction of sp³-hybridized carbons (Fsp3) is 0.600. The van der Waals surface area contributed by atoms with E-state index in [1.54, 1.807) is 6.20 Å². The van der Waals surface area contributed by atoms with Crippen LogP contribution >= 0.6 is 12.2 Å². The average Bonchev–Trinajstić information content (AvgIpc) is 2.71. The first-order valence-electron chi connectivity index (χ1n) is 5.20. The second-order valence-electron chi connectivity index (χ2n) is 3.95. The summed E-state index contributed by atoms with van der Waals surface area (Å²) in [5.41, 5.74) is 0.574. The van der Waals surface area contributed by atoms with Crippen molar-refractivity contribution in [1.82, 2.24) is 9.55 Å². The lowest BCUT2D eigenvalue weighted by atomic mass is 10.2. The zero-order valence-electron chi connectivity index (χ0n) is 8.97. The predicted octanol–water partition coefficient (Wildman–Crippen LogP) is 0.884. The number of nitrogens with zero attached hydrogens (tertiary/aromatic N) is 1. The maximum atomic E-state index is 11.7. The Hall–Kier alpha value is -0.980. The topological polar surface area (TPSA) is 67.2 Å². The quantitative estimate of drug-likeness (QED) is 0.756. The summed E-state index contributed by atoms with van der Waals surface area (Å²) in [6, 6.07) is 0. The summed E-state index contributed by atoms with van der Waals surface area (Å²) in [6.45, 7) is 1.83. The normalized spacial score (nSPS) is 24.9. The summed E-state index contributed by atoms with van der Waals surface area (Å²) in [6.07, 6.45) is 2.74. The van der Waals surface area contributed by atoms with Crippen LogP contribution in [-0.2, 0) is 4.74 Å². The summed E-state index contributed by atoms with van der Waals surface area (Å²) < 4.78 is 7.49. The van der Waals surface area contributed by atoms with E-state index in [4.69, 9.17) is 22.1 Å². The lowest BCUT2D eigenvalue weighted by Crippen LogP contribution is -2.27. The Balaban J connectivity index is 2.32. The molecule has 2 heterocycles. The van der Waals surface area contributed by atoms with Crippen molar-refractivity contribution in [3.8, 4) is 0 Å². The zero-order valence-corrected chi connectivity index (χ0v) is 9.79. The third-order valence-electron chi connectivity index (χ3n) is 2.74. The van der Waals surface area contributed by atoms with E-state index in [0.717, 1.165) is 18.4 Å². The van der Waals surface area contributed by atoms with E-state index < -0.39 is 0 Å². The van der Waals surface area contributed by atoms with Crippen molar-refractivity contribution in [3.63, 3.8) is 0 Å². The summed E-state index contributed by atoms with van der Waals surface area (Å²) >= 11 is 4.97. The number of aromatic amines is 1. The summed E-state index contributed by atoms with van der Waals surface area (Å²) in [5.74, 6) is 0. The Morgan fingerprint density at radius 2 is 2.44 bits per heavy atom. The molecule has 2 N–H and O–H groups in total. The van der Waals surface area contributed by atoms with Gasteiger partial charge in [0, 0.05) is 11.8 Å². The predicted molar refractivity (Wildman–Crippen MR) is 60.9 cm³/mol. The van der Waals surface area contributed by atoms with Crippen molar-refractivity contribution in [2.75, 3.05) is 6.61 Å². The van der Waals surface area contributed by atoms with Crippen LogP contribution in [0.25, 0.3) is 0 Å². The van der Waals surface area contributed by atoms with E-state index in [9.17, 15) is 4.79 Å².